The quantitative estimate of drug-likeness (QED) is 0.380. The number of nitrogens with two attached hydrogens (primary N) is 1. The summed E-state index contributed by atoms with van der Waals surface area (Å²) >= 11 is 2.21. The Morgan fingerprint density at radius 3 is 2.77 bits per heavy atom. The van der Waals surface area contributed by atoms with Crippen LogP contribution in [0.15, 0.2) is 45.9 Å². The highest BCUT2D eigenvalue weighted by Gasteiger charge is 2.24. The smallest absolute Gasteiger partial charge is 0.245 e. The van der Waals surface area contributed by atoms with Gasteiger partial charge in [0.2, 0.25) is 5.91 Å². The van der Waals surface area contributed by atoms with Gasteiger partial charge < -0.3 is 10.1 Å². The number of halogens is 1. The Morgan fingerprint density at radius 1 is 1.55 bits per heavy atom. The molecule has 0 bridgehead atoms. The van der Waals surface area contributed by atoms with Gasteiger partial charge in [0.05, 0.1) is 5.70 Å². The second-order valence-corrected chi connectivity index (χ2v) is 6.78. The Bertz CT molecular complexity index is 521. The number of nitrogens with one attached hydrogen (secondary N) is 1. The maximum Gasteiger partial charge on any atom is 0.245 e. The van der Waals surface area contributed by atoms with Gasteiger partial charge in [0, 0.05) is 23.4 Å². The Morgan fingerprint density at radius 2 is 2.23 bits per heavy atom. The minimum absolute atomic E-state index is 0.0922. The lowest BCUT2D eigenvalue weighted by atomic mass is 9.80. The van der Waals surface area contributed by atoms with Gasteiger partial charge in [-0.1, -0.05) is 32.6 Å². The molecule has 0 saturated heterocycles. The maximum absolute atomic E-state index is 11.1. The number of allylic oxidation sites excluding steroid dienone is 5. The summed E-state index contributed by atoms with van der Waals surface area (Å²) in [5, 5.41) is 4.15. The fraction of sp³-hybridized carbons (Fsp3) is 0.438. The number of carbonyl (C=O) groups excluding carboxylic acids is 1. The topological polar surface area (TPSA) is 67.6 Å². The van der Waals surface area contributed by atoms with Crippen molar-refractivity contribution in [3.63, 3.8) is 0 Å². The Labute approximate surface area is 146 Å². The average Bonchev–Trinajstić information content (AvgIpc) is 2.50. The predicted octanol–water partition coefficient (Wildman–Crippen LogP) is 2.63. The van der Waals surface area contributed by atoms with Crippen molar-refractivity contribution >= 4 is 28.5 Å². The van der Waals surface area contributed by atoms with Crippen LogP contribution >= 0.6 is 22.6 Å². The molecule has 0 fully saturated rings. The zero-order chi connectivity index (χ0) is 16.8. The zero-order valence-electron chi connectivity index (χ0n) is 13.4. The first-order valence-electron chi connectivity index (χ1n) is 7.06. The SMILES string of the molecule is C=C/C(I)=C1/C=CC(C(C)(C)CCOCC(=O)NC)=CN1N. The van der Waals surface area contributed by atoms with E-state index in [1.807, 2.05) is 12.3 Å². The molecule has 1 amide bonds. The fourth-order valence-electron chi connectivity index (χ4n) is 1.93. The molecule has 1 aliphatic heterocycles. The van der Waals surface area contributed by atoms with Crippen molar-refractivity contribution in [1.82, 2.24) is 10.3 Å². The van der Waals surface area contributed by atoms with Crippen LogP contribution in [0.25, 0.3) is 0 Å². The molecule has 6 heteroatoms. The molecule has 0 radical (unpaired) electrons. The first kappa shape index (κ1) is 18.9. The van der Waals surface area contributed by atoms with Crippen LogP contribution in [-0.4, -0.2) is 31.2 Å². The number of hydrogen-bond acceptors (Lipinski definition) is 4. The summed E-state index contributed by atoms with van der Waals surface area (Å²) < 4.78 is 6.38. The van der Waals surface area contributed by atoms with Crippen molar-refractivity contribution in [3.05, 3.63) is 45.9 Å². The van der Waals surface area contributed by atoms with Crippen molar-refractivity contribution in [1.29, 1.82) is 0 Å². The maximum atomic E-state index is 11.1. The number of carbonyl (C=O) groups is 1. The van der Waals surface area contributed by atoms with Crippen LogP contribution in [0, 0.1) is 5.41 Å². The summed E-state index contributed by atoms with van der Waals surface area (Å²) in [5.41, 5.74) is 1.95. The highest BCUT2D eigenvalue weighted by Crippen LogP contribution is 2.34. The van der Waals surface area contributed by atoms with Crippen LogP contribution in [0.3, 0.4) is 0 Å². The van der Waals surface area contributed by atoms with Gasteiger partial charge in [0.15, 0.2) is 0 Å². The average molecular weight is 417 g/mol. The monoisotopic (exact) mass is 417 g/mol. The van der Waals surface area contributed by atoms with Crippen LogP contribution in [0.2, 0.25) is 0 Å². The van der Waals surface area contributed by atoms with Crippen LogP contribution in [0.1, 0.15) is 20.3 Å². The summed E-state index contributed by atoms with van der Waals surface area (Å²) in [5.74, 6) is 5.95. The van der Waals surface area contributed by atoms with E-state index in [0.29, 0.717) is 6.61 Å². The number of amides is 1. The second-order valence-electron chi connectivity index (χ2n) is 5.62. The molecule has 0 aromatic rings. The summed E-state index contributed by atoms with van der Waals surface area (Å²) in [7, 11) is 1.60. The second kappa shape index (κ2) is 8.50. The van der Waals surface area contributed by atoms with Crippen molar-refractivity contribution in [2.45, 2.75) is 20.3 Å². The molecular formula is C16H24IN3O2. The molecule has 1 aliphatic rings. The summed E-state index contributed by atoms with van der Waals surface area (Å²) in [6, 6.07) is 0. The van der Waals surface area contributed by atoms with E-state index >= 15 is 0 Å². The number of rotatable bonds is 7. The van der Waals surface area contributed by atoms with E-state index in [-0.39, 0.29) is 17.9 Å². The molecule has 0 unspecified atom stereocenters. The number of ether oxygens (including phenoxy) is 1. The largest absolute Gasteiger partial charge is 0.372 e. The highest BCUT2D eigenvalue weighted by atomic mass is 127. The van der Waals surface area contributed by atoms with Crippen LogP contribution in [0.4, 0.5) is 0 Å². The molecule has 5 nitrogen and oxygen atoms in total. The summed E-state index contributed by atoms with van der Waals surface area (Å²) in [6.45, 7) is 8.63. The molecule has 0 atom stereocenters. The number of likely N-dealkylation sites (N-methyl/N-ethyl adjacent to an activating group) is 1. The van der Waals surface area contributed by atoms with E-state index in [9.17, 15) is 4.79 Å². The number of nitrogens with zero attached hydrogens (tertiary/aromatic N) is 1. The number of hydrazine groups is 1. The standard InChI is InChI=1S/C16H24IN3O2/c1-5-13(17)14-7-6-12(10-20(14)18)16(2,3)8-9-22-11-15(21)19-4/h5-7,10H,1,8-9,11,18H2,2-4H3,(H,19,21)/b14-13+. The highest BCUT2D eigenvalue weighted by molar-refractivity contribution is 14.1. The van der Waals surface area contributed by atoms with E-state index < -0.39 is 0 Å². The van der Waals surface area contributed by atoms with Crippen molar-refractivity contribution in [2.75, 3.05) is 20.3 Å². The van der Waals surface area contributed by atoms with Crippen LogP contribution in [0.5, 0.6) is 0 Å². The molecule has 122 valence electrons. The molecule has 1 rings (SSSR count). The first-order chi connectivity index (χ1) is 10.3. The third-order valence-corrected chi connectivity index (χ3v) is 4.56. The van der Waals surface area contributed by atoms with Gasteiger partial charge in [0.25, 0.3) is 0 Å². The van der Waals surface area contributed by atoms with Crippen LogP contribution in [-0.2, 0) is 9.53 Å². The van der Waals surface area contributed by atoms with Gasteiger partial charge in [0.1, 0.15) is 6.61 Å². The van der Waals surface area contributed by atoms with E-state index in [1.54, 1.807) is 18.1 Å². The van der Waals surface area contributed by atoms with Gasteiger partial charge in [-0.05, 0) is 46.1 Å². The minimum Gasteiger partial charge on any atom is -0.372 e. The van der Waals surface area contributed by atoms with Gasteiger partial charge in [-0.25, -0.2) is 5.84 Å². The Hall–Kier alpha value is -1.12. The molecule has 3 N–H and O–H groups in total. The third kappa shape index (κ3) is 5.26. The minimum atomic E-state index is -0.114. The lowest BCUT2D eigenvalue weighted by Gasteiger charge is -2.31. The zero-order valence-corrected chi connectivity index (χ0v) is 15.5. The molecule has 0 spiro atoms. The molecular weight excluding hydrogens is 393 g/mol. The van der Waals surface area contributed by atoms with E-state index in [1.165, 1.54) is 0 Å². The fourth-order valence-corrected chi connectivity index (χ4v) is 2.39. The molecule has 22 heavy (non-hydrogen) atoms. The first-order valence-corrected chi connectivity index (χ1v) is 8.14. The molecule has 0 saturated carbocycles. The van der Waals surface area contributed by atoms with Gasteiger partial charge in [-0.15, -0.1) is 0 Å². The predicted molar refractivity (Wildman–Crippen MR) is 97.8 cm³/mol. The molecule has 0 aliphatic carbocycles. The summed E-state index contributed by atoms with van der Waals surface area (Å²) in [4.78, 5) is 11.1. The third-order valence-electron chi connectivity index (χ3n) is 3.57. The molecule has 1 heterocycles. The van der Waals surface area contributed by atoms with Crippen molar-refractivity contribution in [3.8, 4) is 0 Å². The van der Waals surface area contributed by atoms with Gasteiger partial charge in [-0.3, -0.25) is 9.80 Å². The summed E-state index contributed by atoms with van der Waals surface area (Å²) in [6.07, 6.45) is 8.56. The van der Waals surface area contributed by atoms with Gasteiger partial charge >= 0.3 is 0 Å². The van der Waals surface area contributed by atoms with Crippen molar-refractivity contribution < 1.29 is 9.53 Å². The van der Waals surface area contributed by atoms with Crippen molar-refractivity contribution in [2.24, 2.45) is 11.3 Å². The van der Waals surface area contributed by atoms with E-state index in [4.69, 9.17) is 10.6 Å². The van der Waals surface area contributed by atoms with Crippen LogP contribution < -0.4 is 11.2 Å². The molecule has 0 aromatic carbocycles. The Balaban J connectivity index is 2.65. The Kier molecular flexibility index (Phi) is 7.31. The molecule has 0 aromatic heterocycles. The number of hydrogen-bond donors (Lipinski definition) is 2. The van der Waals surface area contributed by atoms with E-state index in [0.717, 1.165) is 21.3 Å². The normalized spacial score (nSPS) is 17.1. The van der Waals surface area contributed by atoms with E-state index in [2.05, 4.69) is 54.4 Å². The van der Waals surface area contributed by atoms with Gasteiger partial charge in [-0.2, -0.15) is 0 Å². The lowest BCUT2D eigenvalue weighted by molar-refractivity contribution is -0.125. The lowest BCUT2D eigenvalue weighted by Crippen LogP contribution is -2.30.